The zero-order valence-corrected chi connectivity index (χ0v) is 12.0. The van der Waals surface area contributed by atoms with E-state index < -0.39 is 10.0 Å². The molecule has 0 radical (unpaired) electrons. The number of nitrogens with one attached hydrogen (secondary N) is 1. The third-order valence-corrected chi connectivity index (χ3v) is 4.75. The van der Waals surface area contributed by atoms with Gasteiger partial charge in [0, 0.05) is 6.20 Å². The van der Waals surface area contributed by atoms with Crippen LogP contribution >= 0.6 is 23.2 Å². The summed E-state index contributed by atoms with van der Waals surface area (Å²) in [5.41, 5.74) is 0.615. The van der Waals surface area contributed by atoms with E-state index in [-0.39, 0.29) is 21.5 Å². The molecule has 0 fully saturated rings. The van der Waals surface area contributed by atoms with Gasteiger partial charge in [-0.25, -0.2) is 13.1 Å². The Kier molecular flexibility index (Phi) is 4.42. The Hall–Kier alpha value is -1.14. The first-order chi connectivity index (χ1) is 9.00. The second kappa shape index (κ2) is 5.88. The first-order valence-electron chi connectivity index (χ1n) is 5.34. The zero-order valence-electron chi connectivity index (χ0n) is 9.68. The van der Waals surface area contributed by atoms with Gasteiger partial charge in [-0.15, -0.1) is 0 Å². The van der Waals surface area contributed by atoms with Gasteiger partial charge in [0.25, 0.3) is 0 Å². The first-order valence-corrected chi connectivity index (χ1v) is 7.58. The molecule has 1 heterocycles. The maximum atomic E-state index is 12.1. The summed E-state index contributed by atoms with van der Waals surface area (Å²) in [7, 11) is -3.72. The van der Waals surface area contributed by atoms with Gasteiger partial charge < -0.3 is 0 Å². The van der Waals surface area contributed by atoms with E-state index in [0.717, 1.165) is 0 Å². The Balaban J connectivity index is 2.22. The first kappa shape index (κ1) is 14.3. The van der Waals surface area contributed by atoms with E-state index >= 15 is 0 Å². The second-order valence-corrected chi connectivity index (χ2v) is 6.22. The van der Waals surface area contributed by atoms with Gasteiger partial charge in [-0.3, -0.25) is 4.98 Å². The summed E-state index contributed by atoms with van der Waals surface area (Å²) in [4.78, 5) is 3.99. The highest BCUT2D eigenvalue weighted by Gasteiger charge is 2.19. The maximum Gasteiger partial charge on any atom is 0.242 e. The molecule has 0 atom stereocenters. The summed E-state index contributed by atoms with van der Waals surface area (Å²) < 4.78 is 26.6. The van der Waals surface area contributed by atoms with Crippen LogP contribution in [0.5, 0.6) is 0 Å². The van der Waals surface area contributed by atoms with Crippen LogP contribution in [0.3, 0.4) is 0 Å². The van der Waals surface area contributed by atoms with Gasteiger partial charge in [0.2, 0.25) is 10.0 Å². The highest BCUT2D eigenvalue weighted by molar-refractivity contribution is 7.89. The Morgan fingerprint density at radius 2 is 1.89 bits per heavy atom. The van der Waals surface area contributed by atoms with Crippen LogP contribution in [-0.2, 0) is 16.6 Å². The normalized spacial score (nSPS) is 11.5. The minimum Gasteiger partial charge on any atom is -0.260 e. The summed E-state index contributed by atoms with van der Waals surface area (Å²) in [6.45, 7) is 0.0893. The SMILES string of the molecule is O=S(=O)(NCc1ccccn1)c1cccc(Cl)c1Cl. The Morgan fingerprint density at radius 1 is 1.11 bits per heavy atom. The van der Waals surface area contributed by atoms with Gasteiger partial charge in [-0.1, -0.05) is 35.3 Å². The number of pyridine rings is 1. The van der Waals surface area contributed by atoms with Crippen molar-refractivity contribution in [3.63, 3.8) is 0 Å². The second-order valence-electron chi connectivity index (χ2n) is 3.70. The molecule has 0 aliphatic rings. The van der Waals surface area contributed by atoms with Crippen LogP contribution in [0.4, 0.5) is 0 Å². The summed E-state index contributed by atoms with van der Waals surface area (Å²) >= 11 is 11.7. The van der Waals surface area contributed by atoms with Gasteiger partial charge >= 0.3 is 0 Å². The number of benzene rings is 1. The summed E-state index contributed by atoms with van der Waals surface area (Å²) in [5.74, 6) is 0. The molecule has 0 saturated heterocycles. The van der Waals surface area contributed by atoms with Gasteiger partial charge in [0.1, 0.15) is 4.90 Å². The Bertz CT molecular complexity index is 675. The molecule has 7 heteroatoms. The third-order valence-electron chi connectivity index (χ3n) is 2.38. The molecule has 0 amide bonds. The molecule has 0 spiro atoms. The molecule has 0 aliphatic carbocycles. The van der Waals surface area contributed by atoms with Crippen LogP contribution in [0.2, 0.25) is 10.0 Å². The molecule has 2 rings (SSSR count). The molecule has 0 unspecified atom stereocenters. The highest BCUT2D eigenvalue weighted by Crippen LogP contribution is 2.28. The number of nitrogens with zero attached hydrogens (tertiary/aromatic N) is 1. The van der Waals surface area contributed by atoms with E-state index in [1.165, 1.54) is 18.2 Å². The zero-order chi connectivity index (χ0) is 13.9. The number of aromatic nitrogens is 1. The van der Waals surface area contributed by atoms with E-state index in [0.29, 0.717) is 5.69 Å². The molecule has 1 N–H and O–H groups in total. The fourth-order valence-electron chi connectivity index (χ4n) is 1.44. The minimum atomic E-state index is -3.72. The summed E-state index contributed by atoms with van der Waals surface area (Å²) in [6.07, 6.45) is 1.59. The fraction of sp³-hybridized carbons (Fsp3) is 0.0833. The van der Waals surface area contributed by atoms with Crippen LogP contribution in [0.1, 0.15) is 5.69 Å². The molecule has 0 saturated carbocycles. The molecule has 19 heavy (non-hydrogen) atoms. The number of sulfonamides is 1. The monoisotopic (exact) mass is 316 g/mol. The lowest BCUT2D eigenvalue weighted by atomic mass is 10.4. The molecular weight excluding hydrogens is 307 g/mol. The van der Waals surface area contributed by atoms with Crippen molar-refractivity contribution in [2.45, 2.75) is 11.4 Å². The maximum absolute atomic E-state index is 12.1. The van der Waals surface area contributed by atoms with Crippen molar-refractivity contribution in [1.29, 1.82) is 0 Å². The Morgan fingerprint density at radius 3 is 2.58 bits per heavy atom. The lowest BCUT2D eigenvalue weighted by Crippen LogP contribution is -2.24. The van der Waals surface area contributed by atoms with Crippen molar-refractivity contribution in [3.05, 3.63) is 58.3 Å². The standard InChI is InChI=1S/C12H10Cl2N2O2S/c13-10-5-3-6-11(12(10)14)19(17,18)16-8-9-4-1-2-7-15-9/h1-7,16H,8H2. The van der Waals surface area contributed by atoms with Crippen molar-refractivity contribution in [3.8, 4) is 0 Å². The van der Waals surface area contributed by atoms with Gasteiger partial charge in [-0.05, 0) is 24.3 Å². The molecule has 100 valence electrons. The molecular formula is C12H10Cl2N2O2S. The predicted molar refractivity (Wildman–Crippen MR) is 74.7 cm³/mol. The van der Waals surface area contributed by atoms with Crippen LogP contribution in [0, 0.1) is 0 Å². The molecule has 1 aromatic heterocycles. The number of rotatable bonds is 4. The van der Waals surface area contributed by atoms with Crippen LogP contribution in [0.15, 0.2) is 47.5 Å². The minimum absolute atomic E-state index is 0.0117. The molecule has 4 nitrogen and oxygen atoms in total. The molecule has 1 aromatic carbocycles. The van der Waals surface area contributed by atoms with E-state index in [4.69, 9.17) is 23.2 Å². The average Bonchev–Trinajstić information content (AvgIpc) is 2.41. The quantitative estimate of drug-likeness (QED) is 0.943. The average molecular weight is 317 g/mol. The van der Waals surface area contributed by atoms with E-state index in [2.05, 4.69) is 9.71 Å². The number of halogens is 2. The lowest BCUT2D eigenvalue weighted by Gasteiger charge is -2.08. The lowest BCUT2D eigenvalue weighted by molar-refractivity contribution is 0.580. The summed E-state index contributed by atoms with van der Waals surface area (Å²) in [6, 6.07) is 9.72. The van der Waals surface area contributed by atoms with Gasteiger partial charge in [-0.2, -0.15) is 0 Å². The van der Waals surface area contributed by atoms with Crippen LogP contribution in [-0.4, -0.2) is 13.4 Å². The largest absolute Gasteiger partial charge is 0.260 e. The van der Waals surface area contributed by atoms with Crippen LogP contribution < -0.4 is 4.72 Å². The van der Waals surface area contributed by atoms with Gasteiger partial charge in [0.15, 0.2) is 0 Å². The van der Waals surface area contributed by atoms with Crippen LogP contribution in [0.25, 0.3) is 0 Å². The van der Waals surface area contributed by atoms with Crippen molar-refractivity contribution < 1.29 is 8.42 Å². The van der Waals surface area contributed by atoms with Crippen molar-refractivity contribution >= 4 is 33.2 Å². The Labute approximate surface area is 121 Å². The molecule has 0 bridgehead atoms. The van der Waals surface area contributed by atoms with Crippen molar-refractivity contribution in [2.75, 3.05) is 0 Å². The summed E-state index contributed by atoms with van der Waals surface area (Å²) in [5, 5.41) is 0.208. The number of hydrogen-bond acceptors (Lipinski definition) is 3. The predicted octanol–water partition coefficient (Wildman–Crippen LogP) is 2.87. The van der Waals surface area contributed by atoms with E-state index in [1.54, 1.807) is 24.4 Å². The van der Waals surface area contributed by atoms with Crippen molar-refractivity contribution in [1.82, 2.24) is 9.71 Å². The topological polar surface area (TPSA) is 59.1 Å². The fourth-order valence-corrected chi connectivity index (χ4v) is 3.20. The molecule has 2 aromatic rings. The third kappa shape index (κ3) is 3.45. The number of hydrogen-bond donors (Lipinski definition) is 1. The molecule has 0 aliphatic heterocycles. The highest BCUT2D eigenvalue weighted by atomic mass is 35.5. The van der Waals surface area contributed by atoms with Gasteiger partial charge in [0.05, 0.1) is 22.3 Å². The van der Waals surface area contributed by atoms with E-state index in [1.807, 2.05) is 0 Å². The smallest absolute Gasteiger partial charge is 0.242 e. The van der Waals surface area contributed by atoms with E-state index in [9.17, 15) is 8.42 Å². The van der Waals surface area contributed by atoms with Crippen molar-refractivity contribution in [2.24, 2.45) is 0 Å².